The van der Waals surface area contributed by atoms with Gasteiger partial charge >= 0.3 is 6.18 Å². The Bertz CT molecular complexity index is 981. The van der Waals surface area contributed by atoms with Crippen molar-refractivity contribution in [3.8, 4) is 5.75 Å². The van der Waals surface area contributed by atoms with Crippen LogP contribution in [0, 0.1) is 10.1 Å². The standard InChI is InChI=1S/C19H20F3N5O4/c20-19(21,22)10-31-13-3-4-15(27(29)30)14(9-13)18(28)26-7-5-12(6-8-26)17-23-16(24-25-17)11-1-2-11/h3-4,9,11-12H,1-2,5-8,10H2,(H,23,24,25). The molecule has 1 saturated heterocycles. The third kappa shape index (κ3) is 4.94. The summed E-state index contributed by atoms with van der Waals surface area (Å²) in [5.41, 5.74) is -0.769. The first-order valence-corrected chi connectivity index (χ1v) is 9.91. The Hall–Kier alpha value is -3.18. The highest BCUT2D eigenvalue weighted by molar-refractivity contribution is 5.98. The number of amides is 1. The van der Waals surface area contributed by atoms with Gasteiger partial charge in [0.2, 0.25) is 0 Å². The van der Waals surface area contributed by atoms with Gasteiger partial charge in [-0.1, -0.05) is 0 Å². The van der Waals surface area contributed by atoms with Crippen molar-refractivity contribution < 1.29 is 27.6 Å². The number of hydrogen-bond acceptors (Lipinski definition) is 6. The normalized spacial score (nSPS) is 17.6. The molecule has 166 valence electrons. The van der Waals surface area contributed by atoms with Crippen LogP contribution < -0.4 is 4.74 Å². The lowest BCUT2D eigenvalue weighted by Gasteiger charge is -2.31. The number of rotatable bonds is 6. The Morgan fingerprint density at radius 2 is 1.94 bits per heavy atom. The molecule has 1 aromatic carbocycles. The van der Waals surface area contributed by atoms with Gasteiger partial charge in [-0.05, 0) is 37.8 Å². The number of aromatic amines is 1. The zero-order valence-corrected chi connectivity index (χ0v) is 16.4. The van der Waals surface area contributed by atoms with E-state index in [1.54, 1.807) is 0 Å². The van der Waals surface area contributed by atoms with Crippen molar-refractivity contribution >= 4 is 11.6 Å². The first-order chi connectivity index (χ1) is 14.7. The molecule has 0 spiro atoms. The lowest BCUT2D eigenvalue weighted by molar-refractivity contribution is -0.385. The number of nitrogens with one attached hydrogen (secondary N) is 1. The van der Waals surface area contributed by atoms with Crippen LogP contribution in [0.15, 0.2) is 18.2 Å². The molecule has 2 fully saturated rings. The number of nitro benzene ring substituents is 1. The summed E-state index contributed by atoms with van der Waals surface area (Å²) in [7, 11) is 0. The molecule has 0 radical (unpaired) electrons. The van der Waals surface area contributed by atoms with E-state index >= 15 is 0 Å². The summed E-state index contributed by atoms with van der Waals surface area (Å²) < 4.78 is 41.9. The summed E-state index contributed by atoms with van der Waals surface area (Å²) in [6, 6.07) is 3.03. The van der Waals surface area contributed by atoms with Gasteiger partial charge in [-0.2, -0.15) is 18.3 Å². The lowest BCUT2D eigenvalue weighted by Crippen LogP contribution is -2.38. The van der Waals surface area contributed by atoms with Crippen molar-refractivity contribution in [2.75, 3.05) is 19.7 Å². The molecule has 0 atom stereocenters. The van der Waals surface area contributed by atoms with Crippen LogP contribution >= 0.6 is 0 Å². The van der Waals surface area contributed by atoms with Gasteiger partial charge in [0.15, 0.2) is 12.4 Å². The Morgan fingerprint density at radius 1 is 1.23 bits per heavy atom. The molecule has 2 aliphatic rings. The molecule has 2 heterocycles. The van der Waals surface area contributed by atoms with E-state index in [9.17, 15) is 28.1 Å². The van der Waals surface area contributed by atoms with E-state index in [0.29, 0.717) is 31.8 Å². The average Bonchev–Trinajstić information content (AvgIpc) is 3.47. The maximum Gasteiger partial charge on any atom is 0.422 e. The number of H-pyrrole nitrogens is 1. The van der Waals surface area contributed by atoms with Crippen LogP contribution in [0.5, 0.6) is 5.75 Å². The van der Waals surface area contributed by atoms with Gasteiger partial charge in [0.1, 0.15) is 17.1 Å². The fourth-order valence-corrected chi connectivity index (χ4v) is 3.62. The third-order valence-electron chi connectivity index (χ3n) is 5.43. The van der Waals surface area contributed by atoms with Crippen molar-refractivity contribution in [2.45, 2.75) is 43.7 Å². The zero-order valence-electron chi connectivity index (χ0n) is 16.4. The quantitative estimate of drug-likeness (QED) is 0.544. The van der Waals surface area contributed by atoms with Crippen molar-refractivity contribution in [3.05, 3.63) is 45.5 Å². The number of nitro groups is 1. The van der Waals surface area contributed by atoms with E-state index in [0.717, 1.165) is 42.7 Å². The number of carbonyl (C=O) groups excluding carboxylic acids is 1. The number of likely N-dealkylation sites (tertiary alicyclic amines) is 1. The fraction of sp³-hybridized carbons (Fsp3) is 0.526. The first-order valence-electron chi connectivity index (χ1n) is 9.91. The summed E-state index contributed by atoms with van der Waals surface area (Å²) in [5, 5.41) is 18.5. The molecule has 4 rings (SSSR count). The Balaban J connectivity index is 1.44. The number of benzene rings is 1. The van der Waals surface area contributed by atoms with E-state index in [1.165, 1.54) is 4.90 Å². The molecule has 1 amide bonds. The van der Waals surface area contributed by atoms with Crippen LogP contribution in [-0.2, 0) is 0 Å². The minimum Gasteiger partial charge on any atom is -0.484 e. The van der Waals surface area contributed by atoms with Gasteiger partial charge in [0.25, 0.3) is 11.6 Å². The molecule has 1 N–H and O–H groups in total. The maximum absolute atomic E-state index is 12.9. The number of carbonyl (C=O) groups is 1. The van der Waals surface area contributed by atoms with E-state index in [4.69, 9.17) is 0 Å². The minimum atomic E-state index is -4.56. The zero-order chi connectivity index (χ0) is 22.2. The van der Waals surface area contributed by atoms with Crippen LogP contribution in [0.4, 0.5) is 18.9 Å². The molecular formula is C19H20F3N5O4. The molecule has 9 nitrogen and oxygen atoms in total. The topological polar surface area (TPSA) is 114 Å². The number of halogens is 3. The molecule has 12 heteroatoms. The van der Waals surface area contributed by atoms with E-state index in [-0.39, 0.29) is 17.2 Å². The van der Waals surface area contributed by atoms with Crippen LogP contribution in [0.1, 0.15) is 59.5 Å². The average molecular weight is 439 g/mol. The molecule has 0 bridgehead atoms. The predicted molar refractivity (Wildman–Crippen MR) is 101 cm³/mol. The van der Waals surface area contributed by atoms with Gasteiger partial charge in [-0.3, -0.25) is 20.0 Å². The lowest BCUT2D eigenvalue weighted by atomic mass is 9.95. The summed E-state index contributed by atoms with van der Waals surface area (Å²) in [6.07, 6.45) is -1.18. The summed E-state index contributed by atoms with van der Waals surface area (Å²) in [6.45, 7) is -0.870. The maximum atomic E-state index is 12.9. The Morgan fingerprint density at radius 3 is 2.55 bits per heavy atom. The first kappa shape index (κ1) is 21.1. The third-order valence-corrected chi connectivity index (χ3v) is 5.43. The van der Waals surface area contributed by atoms with E-state index in [1.807, 2.05) is 0 Å². The van der Waals surface area contributed by atoms with Gasteiger partial charge in [0, 0.05) is 31.0 Å². The smallest absolute Gasteiger partial charge is 0.422 e. The predicted octanol–water partition coefficient (Wildman–Crippen LogP) is 3.55. The molecule has 1 saturated carbocycles. The number of hydrogen-bond donors (Lipinski definition) is 1. The largest absolute Gasteiger partial charge is 0.484 e. The molecule has 0 unspecified atom stereocenters. The van der Waals surface area contributed by atoms with Crippen molar-refractivity contribution in [1.82, 2.24) is 20.1 Å². The highest BCUT2D eigenvalue weighted by Gasteiger charge is 2.33. The van der Waals surface area contributed by atoms with E-state index < -0.39 is 29.3 Å². The number of alkyl halides is 3. The fourth-order valence-electron chi connectivity index (χ4n) is 3.62. The van der Waals surface area contributed by atoms with Crippen molar-refractivity contribution in [3.63, 3.8) is 0 Å². The van der Waals surface area contributed by atoms with Crippen LogP contribution in [-0.4, -0.2) is 56.8 Å². The second-order valence-electron chi connectivity index (χ2n) is 7.76. The SMILES string of the molecule is O=C(c1cc(OCC(F)(F)F)ccc1[N+](=O)[O-])N1CCC(c2nc(C3CC3)n[nH]2)CC1. The number of aromatic nitrogens is 3. The molecule has 1 aliphatic heterocycles. The summed E-state index contributed by atoms with van der Waals surface area (Å²) in [5.74, 6) is 1.26. The van der Waals surface area contributed by atoms with Crippen LogP contribution in [0.3, 0.4) is 0 Å². The van der Waals surface area contributed by atoms with Gasteiger partial charge in [-0.15, -0.1) is 0 Å². The minimum absolute atomic E-state index is 0.0977. The molecular weight excluding hydrogens is 419 g/mol. The molecule has 1 aliphatic carbocycles. The summed E-state index contributed by atoms with van der Waals surface area (Å²) >= 11 is 0. The molecule has 2 aromatic rings. The highest BCUT2D eigenvalue weighted by atomic mass is 19.4. The molecule has 31 heavy (non-hydrogen) atoms. The number of piperidine rings is 1. The van der Waals surface area contributed by atoms with E-state index in [2.05, 4.69) is 19.9 Å². The summed E-state index contributed by atoms with van der Waals surface area (Å²) in [4.78, 5) is 29.5. The van der Waals surface area contributed by atoms with Crippen LogP contribution in [0.25, 0.3) is 0 Å². The Labute approximate surface area is 174 Å². The van der Waals surface area contributed by atoms with Gasteiger partial charge in [0.05, 0.1) is 4.92 Å². The highest BCUT2D eigenvalue weighted by Crippen LogP contribution is 2.39. The number of nitrogens with zero attached hydrogens (tertiary/aromatic N) is 4. The van der Waals surface area contributed by atoms with Crippen molar-refractivity contribution in [2.24, 2.45) is 0 Å². The second kappa shape index (κ2) is 8.16. The molecule has 1 aromatic heterocycles. The van der Waals surface area contributed by atoms with Crippen LogP contribution in [0.2, 0.25) is 0 Å². The Kier molecular flexibility index (Phi) is 5.54. The second-order valence-corrected chi connectivity index (χ2v) is 7.76. The van der Waals surface area contributed by atoms with Crippen molar-refractivity contribution in [1.29, 1.82) is 0 Å². The number of ether oxygens (including phenoxy) is 1. The van der Waals surface area contributed by atoms with Gasteiger partial charge in [-0.25, -0.2) is 4.98 Å². The monoisotopic (exact) mass is 439 g/mol. The van der Waals surface area contributed by atoms with Gasteiger partial charge < -0.3 is 9.64 Å².